The lowest BCUT2D eigenvalue weighted by Crippen LogP contribution is -2.46. The normalized spacial score (nSPS) is 36.3. The van der Waals surface area contributed by atoms with Gasteiger partial charge in [0.1, 0.15) is 0 Å². The predicted molar refractivity (Wildman–Crippen MR) is 43.9 cm³/mol. The number of likely N-dealkylation sites (tertiary alicyclic amines) is 1. The summed E-state index contributed by atoms with van der Waals surface area (Å²) in [6, 6.07) is 0.633. The number of rotatable bonds is 1. The molecule has 0 radical (unpaired) electrons. The van der Waals surface area contributed by atoms with Gasteiger partial charge in [-0.2, -0.15) is 0 Å². The number of nitrogens with two attached hydrogens (primary N) is 1. The highest BCUT2D eigenvalue weighted by molar-refractivity contribution is 4.80. The molecular formula is C8H18N2. The van der Waals surface area contributed by atoms with Crippen molar-refractivity contribution in [2.45, 2.75) is 25.8 Å². The minimum atomic E-state index is 0.633. The van der Waals surface area contributed by atoms with Gasteiger partial charge in [-0.05, 0) is 32.4 Å². The van der Waals surface area contributed by atoms with Crippen LogP contribution in [-0.2, 0) is 0 Å². The Morgan fingerprint density at radius 2 is 2.30 bits per heavy atom. The molecule has 0 aromatic carbocycles. The maximum Gasteiger partial charge on any atom is 0.0240 e. The first-order chi connectivity index (χ1) is 4.75. The van der Waals surface area contributed by atoms with E-state index in [-0.39, 0.29) is 0 Å². The van der Waals surface area contributed by atoms with Gasteiger partial charge in [-0.3, -0.25) is 0 Å². The number of likely N-dealkylation sites (N-methyl/N-ethyl adjacent to an activating group) is 1. The maximum atomic E-state index is 5.64. The Morgan fingerprint density at radius 1 is 1.60 bits per heavy atom. The highest BCUT2D eigenvalue weighted by Crippen LogP contribution is 2.20. The first-order valence-corrected chi connectivity index (χ1v) is 4.16. The third kappa shape index (κ3) is 1.50. The van der Waals surface area contributed by atoms with Crippen LogP contribution in [0.1, 0.15) is 19.8 Å². The van der Waals surface area contributed by atoms with Crippen molar-refractivity contribution in [2.24, 2.45) is 11.7 Å². The Balaban J connectivity index is 2.45. The summed E-state index contributed by atoms with van der Waals surface area (Å²) in [6.07, 6.45) is 2.69. The molecule has 0 amide bonds. The SMILES string of the molecule is C[C@H]1CCCN(C)[C@H]1CN. The first-order valence-electron chi connectivity index (χ1n) is 4.16. The van der Waals surface area contributed by atoms with Gasteiger partial charge >= 0.3 is 0 Å². The highest BCUT2D eigenvalue weighted by Gasteiger charge is 2.23. The summed E-state index contributed by atoms with van der Waals surface area (Å²) >= 11 is 0. The lowest BCUT2D eigenvalue weighted by Gasteiger charge is -2.36. The molecule has 2 atom stereocenters. The second kappa shape index (κ2) is 3.35. The van der Waals surface area contributed by atoms with Gasteiger partial charge in [0, 0.05) is 12.6 Å². The molecule has 1 fully saturated rings. The molecule has 1 aliphatic heterocycles. The van der Waals surface area contributed by atoms with E-state index in [9.17, 15) is 0 Å². The standard InChI is InChI=1S/C8H18N2/c1-7-4-3-5-10(2)8(7)6-9/h7-8H,3-6,9H2,1-2H3/t7-,8-/m0/s1. The van der Waals surface area contributed by atoms with Gasteiger partial charge in [-0.1, -0.05) is 6.92 Å². The van der Waals surface area contributed by atoms with E-state index in [2.05, 4.69) is 18.9 Å². The summed E-state index contributed by atoms with van der Waals surface area (Å²) in [4.78, 5) is 2.38. The molecule has 1 rings (SSSR count). The van der Waals surface area contributed by atoms with Gasteiger partial charge in [0.05, 0.1) is 0 Å². The van der Waals surface area contributed by atoms with E-state index >= 15 is 0 Å². The number of hydrogen-bond donors (Lipinski definition) is 1. The molecule has 0 unspecified atom stereocenters. The molecule has 0 saturated carbocycles. The maximum absolute atomic E-state index is 5.64. The van der Waals surface area contributed by atoms with Crippen LogP contribution in [0.4, 0.5) is 0 Å². The molecule has 60 valence electrons. The van der Waals surface area contributed by atoms with E-state index in [1.165, 1.54) is 19.4 Å². The first kappa shape index (κ1) is 8.02. The Morgan fingerprint density at radius 3 is 2.70 bits per heavy atom. The molecule has 2 nitrogen and oxygen atoms in total. The number of piperidine rings is 1. The molecule has 1 saturated heterocycles. The van der Waals surface area contributed by atoms with Crippen LogP contribution in [0.25, 0.3) is 0 Å². The Labute approximate surface area is 63.4 Å². The molecular weight excluding hydrogens is 124 g/mol. The molecule has 0 aromatic rings. The monoisotopic (exact) mass is 142 g/mol. The second-order valence-corrected chi connectivity index (χ2v) is 3.40. The molecule has 1 heterocycles. The largest absolute Gasteiger partial charge is 0.329 e. The third-order valence-corrected chi connectivity index (χ3v) is 2.63. The lowest BCUT2D eigenvalue weighted by atomic mass is 9.91. The van der Waals surface area contributed by atoms with Crippen LogP contribution in [0, 0.1) is 5.92 Å². The predicted octanol–water partition coefficient (Wildman–Crippen LogP) is 0.675. The molecule has 0 bridgehead atoms. The smallest absolute Gasteiger partial charge is 0.0240 e. The zero-order valence-electron chi connectivity index (χ0n) is 7.01. The molecule has 2 heteroatoms. The molecule has 0 aliphatic carbocycles. The van der Waals surface area contributed by atoms with E-state index < -0.39 is 0 Å². The Bertz CT molecular complexity index is 93.4. The summed E-state index contributed by atoms with van der Waals surface area (Å²) in [5.74, 6) is 0.795. The average molecular weight is 142 g/mol. The van der Waals surface area contributed by atoms with E-state index in [0.717, 1.165) is 12.5 Å². The number of hydrogen-bond acceptors (Lipinski definition) is 2. The molecule has 1 aliphatic rings. The van der Waals surface area contributed by atoms with Crippen molar-refractivity contribution in [3.63, 3.8) is 0 Å². The van der Waals surface area contributed by atoms with Crippen molar-refractivity contribution in [2.75, 3.05) is 20.1 Å². The van der Waals surface area contributed by atoms with Crippen molar-refractivity contribution in [1.29, 1.82) is 0 Å². The minimum absolute atomic E-state index is 0.633. The second-order valence-electron chi connectivity index (χ2n) is 3.40. The van der Waals surface area contributed by atoms with Crippen molar-refractivity contribution in [1.82, 2.24) is 4.90 Å². The quantitative estimate of drug-likeness (QED) is 0.583. The van der Waals surface area contributed by atoms with Crippen LogP contribution in [0.15, 0.2) is 0 Å². The van der Waals surface area contributed by atoms with Gasteiger partial charge in [0.25, 0.3) is 0 Å². The Kier molecular flexibility index (Phi) is 2.69. The Hall–Kier alpha value is -0.0800. The fourth-order valence-electron chi connectivity index (χ4n) is 1.87. The average Bonchev–Trinajstić information content (AvgIpc) is 1.88. The van der Waals surface area contributed by atoms with Crippen molar-refractivity contribution < 1.29 is 0 Å². The summed E-state index contributed by atoms with van der Waals surface area (Å²) in [5.41, 5.74) is 5.64. The summed E-state index contributed by atoms with van der Waals surface area (Å²) in [6.45, 7) is 4.34. The van der Waals surface area contributed by atoms with Gasteiger partial charge in [0.2, 0.25) is 0 Å². The highest BCUT2D eigenvalue weighted by atomic mass is 15.1. The summed E-state index contributed by atoms with van der Waals surface area (Å²) < 4.78 is 0. The van der Waals surface area contributed by atoms with Crippen LogP contribution < -0.4 is 5.73 Å². The van der Waals surface area contributed by atoms with Crippen LogP contribution >= 0.6 is 0 Å². The number of nitrogens with zero attached hydrogens (tertiary/aromatic N) is 1. The fraction of sp³-hybridized carbons (Fsp3) is 1.00. The zero-order valence-corrected chi connectivity index (χ0v) is 7.01. The van der Waals surface area contributed by atoms with E-state index in [1.807, 2.05) is 0 Å². The van der Waals surface area contributed by atoms with Crippen LogP contribution in [-0.4, -0.2) is 31.1 Å². The summed E-state index contributed by atoms with van der Waals surface area (Å²) in [5, 5.41) is 0. The third-order valence-electron chi connectivity index (χ3n) is 2.63. The van der Waals surface area contributed by atoms with E-state index in [0.29, 0.717) is 6.04 Å². The molecule has 2 N–H and O–H groups in total. The topological polar surface area (TPSA) is 29.3 Å². The van der Waals surface area contributed by atoms with E-state index in [1.54, 1.807) is 0 Å². The van der Waals surface area contributed by atoms with Gasteiger partial charge in [0.15, 0.2) is 0 Å². The minimum Gasteiger partial charge on any atom is -0.329 e. The van der Waals surface area contributed by atoms with Crippen LogP contribution in [0.3, 0.4) is 0 Å². The van der Waals surface area contributed by atoms with Crippen molar-refractivity contribution in [3.05, 3.63) is 0 Å². The van der Waals surface area contributed by atoms with E-state index in [4.69, 9.17) is 5.73 Å². The van der Waals surface area contributed by atoms with Crippen LogP contribution in [0.5, 0.6) is 0 Å². The fourth-order valence-corrected chi connectivity index (χ4v) is 1.87. The van der Waals surface area contributed by atoms with Crippen molar-refractivity contribution in [3.8, 4) is 0 Å². The lowest BCUT2D eigenvalue weighted by molar-refractivity contribution is 0.136. The van der Waals surface area contributed by atoms with Crippen LogP contribution in [0.2, 0.25) is 0 Å². The van der Waals surface area contributed by atoms with Gasteiger partial charge in [-0.15, -0.1) is 0 Å². The van der Waals surface area contributed by atoms with Gasteiger partial charge < -0.3 is 10.6 Å². The van der Waals surface area contributed by atoms with Crippen molar-refractivity contribution >= 4 is 0 Å². The molecule has 0 spiro atoms. The zero-order chi connectivity index (χ0) is 7.56. The molecule has 0 aromatic heterocycles. The molecule has 10 heavy (non-hydrogen) atoms. The summed E-state index contributed by atoms with van der Waals surface area (Å²) in [7, 11) is 2.17. The van der Waals surface area contributed by atoms with Gasteiger partial charge in [-0.25, -0.2) is 0 Å².